The quantitative estimate of drug-likeness (QED) is 0.386. The van der Waals surface area contributed by atoms with E-state index in [4.69, 9.17) is 0 Å². The Labute approximate surface area is 210 Å². The van der Waals surface area contributed by atoms with Crippen LogP contribution in [0.2, 0.25) is 0 Å². The van der Waals surface area contributed by atoms with Crippen LogP contribution in [0, 0.1) is 6.92 Å². The number of nitrogens with zero attached hydrogens (tertiary/aromatic N) is 6. The zero-order valence-electron chi connectivity index (χ0n) is 19.3. The second-order valence-corrected chi connectivity index (χ2v) is 9.70. The fourth-order valence-corrected chi connectivity index (χ4v) is 5.45. The van der Waals surface area contributed by atoms with E-state index in [0.29, 0.717) is 46.9 Å². The number of alkyl halides is 3. The summed E-state index contributed by atoms with van der Waals surface area (Å²) in [6.07, 6.45) is -0.760. The molecule has 5 heterocycles. The van der Waals surface area contributed by atoms with Gasteiger partial charge in [0.1, 0.15) is 10.5 Å². The monoisotopic (exact) mass is 525 g/mol. The normalized spacial score (nSPS) is 13.8. The number of aromatic nitrogens is 6. The SMILES string of the molecule is Cc1c(C(=O)N2CCc3nc(-c4ccc(C(F)(F)F)cc4)sc3C2)cnn1-c1nn2cccc2c(=O)[nH]1. The van der Waals surface area contributed by atoms with Crippen molar-refractivity contribution >= 4 is 22.8 Å². The van der Waals surface area contributed by atoms with E-state index in [-0.39, 0.29) is 17.4 Å². The molecular formula is C24H18F3N7O2S. The lowest BCUT2D eigenvalue weighted by Crippen LogP contribution is -2.35. The fourth-order valence-electron chi connectivity index (χ4n) is 4.32. The maximum absolute atomic E-state index is 13.4. The molecule has 9 nitrogen and oxygen atoms in total. The highest BCUT2D eigenvalue weighted by Gasteiger charge is 2.31. The van der Waals surface area contributed by atoms with Gasteiger partial charge >= 0.3 is 6.18 Å². The Kier molecular flexibility index (Phi) is 5.26. The van der Waals surface area contributed by atoms with Crippen molar-refractivity contribution < 1.29 is 18.0 Å². The van der Waals surface area contributed by atoms with Crippen molar-refractivity contribution in [1.29, 1.82) is 0 Å². The Morgan fingerprint density at radius 3 is 2.70 bits per heavy atom. The molecule has 0 aliphatic carbocycles. The van der Waals surface area contributed by atoms with Crippen molar-refractivity contribution in [3.05, 3.63) is 86.5 Å². The molecule has 0 spiro atoms. The van der Waals surface area contributed by atoms with E-state index in [1.807, 2.05) is 0 Å². The molecule has 1 aliphatic heterocycles. The summed E-state index contributed by atoms with van der Waals surface area (Å²) in [5, 5.41) is 9.26. The molecule has 1 aromatic carbocycles. The number of H-pyrrole nitrogens is 1. The number of benzene rings is 1. The van der Waals surface area contributed by atoms with Gasteiger partial charge < -0.3 is 4.90 Å². The Hall–Kier alpha value is -4.26. The van der Waals surface area contributed by atoms with E-state index in [0.717, 1.165) is 22.7 Å². The van der Waals surface area contributed by atoms with Crippen LogP contribution in [0.3, 0.4) is 0 Å². The fraction of sp³-hybridized carbons (Fsp3) is 0.208. The number of fused-ring (bicyclic) bond motifs is 2. The predicted molar refractivity (Wildman–Crippen MR) is 129 cm³/mol. The van der Waals surface area contributed by atoms with Gasteiger partial charge in [0.2, 0.25) is 5.95 Å². The van der Waals surface area contributed by atoms with Crippen LogP contribution in [0.1, 0.15) is 32.2 Å². The lowest BCUT2D eigenvalue weighted by Gasteiger charge is -2.26. The Balaban J connectivity index is 1.24. The van der Waals surface area contributed by atoms with E-state index in [9.17, 15) is 22.8 Å². The lowest BCUT2D eigenvalue weighted by atomic mass is 10.1. The molecule has 5 aromatic rings. The zero-order chi connectivity index (χ0) is 25.9. The van der Waals surface area contributed by atoms with Crippen LogP contribution >= 0.6 is 11.3 Å². The molecular weight excluding hydrogens is 507 g/mol. The maximum atomic E-state index is 13.4. The average molecular weight is 526 g/mol. The topological polar surface area (TPSA) is 101 Å². The number of aromatic amines is 1. The highest BCUT2D eigenvalue weighted by molar-refractivity contribution is 7.15. The number of carbonyl (C=O) groups excluding carboxylic acids is 1. The van der Waals surface area contributed by atoms with Gasteiger partial charge in [0.05, 0.1) is 35.3 Å². The third kappa shape index (κ3) is 4.00. The van der Waals surface area contributed by atoms with Crippen molar-refractivity contribution in [2.45, 2.75) is 26.1 Å². The first-order valence-electron chi connectivity index (χ1n) is 11.3. The highest BCUT2D eigenvalue weighted by Crippen LogP contribution is 2.35. The highest BCUT2D eigenvalue weighted by atomic mass is 32.1. The summed E-state index contributed by atoms with van der Waals surface area (Å²) >= 11 is 1.37. The summed E-state index contributed by atoms with van der Waals surface area (Å²) < 4.78 is 41.5. The first-order chi connectivity index (χ1) is 17.7. The van der Waals surface area contributed by atoms with E-state index in [1.54, 1.807) is 30.2 Å². The van der Waals surface area contributed by atoms with Crippen molar-refractivity contribution in [2.75, 3.05) is 6.54 Å². The third-order valence-electron chi connectivity index (χ3n) is 6.31. The van der Waals surface area contributed by atoms with Gasteiger partial charge in [0.25, 0.3) is 11.5 Å². The minimum atomic E-state index is -4.39. The average Bonchev–Trinajstić information content (AvgIpc) is 3.60. The molecule has 188 valence electrons. The van der Waals surface area contributed by atoms with Crippen LogP contribution in [-0.2, 0) is 19.1 Å². The first-order valence-corrected chi connectivity index (χ1v) is 12.1. The summed E-state index contributed by atoms with van der Waals surface area (Å²) in [6.45, 7) is 2.50. The molecule has 0 atom stereocenters. The zero-order valence-corrected chi connectivity index (χ0v) is 20.1. The summed E-state index contributed by atoms with van der Waals surface area (Å²) in [5.41, 5.74) is 1.72. The number of hydrogen-bond acceptors (Lipinski definition) is 6. The van der Waals surface area contributed by atoms with E-state index < -0.39 is 11.7 Å². The minimum absolute atomic E-state index is 0.190. The number of hydrogen-bond donors (Lipinski definition) is 1. The number of rotatable bonds is 3. The van der Waals surface area contributed by atoms with Gasteiger partial charge in [-0.1, -0.05) is 12.1 Å². The van der Waals surface area contributed by atoms with E-state index in [1.165, 1.54) is 38.9 Å². The Bertz CT molecular complexity index is 1710. The number of nitrogens with one attached hydrogen (secondary N) is 1. The molecule has 1 N–H and O–H groups in total. The number of thiazole rings is 1. The van der Waals surface area contributed by atoms with E-state index in [2.05, 4.69) is 20.2 Å². The van der Waals surface area contributed by atoms with Crippen LogP contribution in [0.4, 0.5) is 13.2 Å². The Morgan fingerprint density at radius 2 is 1.95 bits per heavy atom. The van der Waals surface area contributed by atoms with Gasteiger partial charge in [-0.2, -0.15) is 18.3 Å². The molecule has 0 unspecified atom stereocenters. The molecule has 13 heteroatoms. The van der Waals surface area contributed by atoms with Crippen molar-refractivity contribution in [1.82, 2.24) is 34.3 Å². The van der Waals surface area contributed by atoms with Gasteiger partial charge in [-0.05, 0) is 31.2 Å². The largest absolute Gasteiger partial charge is 0.416 e. The van der Waals surface area contributed by atoms with Crippen LogP contribution in [0.5, 0.6) is 0 Å². The molecule has 0 fully saturated rings. The number of halogens is 3. The van der Waals surface area contributed by atoms with Crippen molar-refractivity contribution in [3.63, 3.8) is 0 Å². The molecule has 4 aromatic heterocycles. The summed E-state index contributed by atoms with van der Waals surface area (Å²) in [4.78, 5) is 35.6. The van der Waals surface area contributed by atoms with E-state index >= 15 is 0 Å². The van der Waals surface area contributed by atoms with Gasteiger partial charge in [0, 0.05) is 29.6 Å². The Morgan fingerprint density at radius 1 is 1.16 bits per heavy atom. The molecule has 0 radical (unpaired) electrons. The van der Waals surface area contributed by atoms with Gasteiger partial charge in [-0.25, -0.2) is 14.2 Å². The van der Waals surface area contributed by atoms with Crippen LogP contribution < -0.4 is 5.56 Å². The first kappa shape index (κ1) is 23.2. The molecule has 0 bridgehead atoms. The minimum Gasteiger partial charge on any atom is -0.333 e. The van der Waals surface area contributed by atoms with Gasteiger partial charge in [0.15, 0.2) is 0 Å². The second-order valence-electron chi connectivity index (χ2n) is 8.61. The number of carbonyl (C=O) groups is 1. The number of amides is 1. The molecule has 0 saturated carbocycles. The molecule has 6 rings (SSSR count). The third-order valence-corrected chi connectivity index (χ3v) is 7.44. The standard InChI is InChI=1S/C24H18F3N7O2S/c1-13-16(11-28-34(13)23-30-20(35)18-3-2-9-33(18)31-23)22(36)32-10-8-17-19(12-32)37-21(29-17)14-4-6-15(7-5-14)24(25,26)27/h2-7,9,11H,8,10,12H2,1H3,(H,30,31,35). The summed E-state index contributed by atoms with van der Waals surface area (Å²) in [6, 6.07) is 8.27. The lowest BCUT2D eigenvalue weighted by molar-refractivity contribution is -0.137. The van der Waals surface area contributed by atoms with Crippen LogP contribution in [0.25, 0.3) is 22.0 Å². The van der Waals surface area contributed by atoms with Gasteiger partial charge in [-0.15, -0.1) is 16.4 Å². The van der Waals surface area contributed by atoms with Gasteiger partial charge in [-0.3, -0.25) is 14.6 Å². The molecule has 0 saturated heterocycles. The van der Waals surface area contributed by atoms with Crippen LogP contribution in [0.15, 0.2) is 53.6 Å². The van der Waals surface area contributed by atoms with Crippen molar-refractivity contribution in [3.8, 4) is 16.5 Å². The van der Waals surface area contributed by atoms with Crippen LogP contribution in [-0.4, -0.2) is 46.7 Å². The summed E-state index contributed by atoms with van der Waals surface area (Å²) in [5.74, 6) is -0.0295. The maximum Gasteiger partial charge on any atom is 0.416 e. The summed E-state index contributed by atoms with van der Waals surface area (Å²) in [7, 11) is 0. The second kappa shape index (κ2) is 8.40. The molecule has 37 heavy (non-hydrogen) atoms. The predicted octanol–water partition coefficient (Wildman–Crippen LogP) is 3.86. The molecule has 1 amide bonds. The van der Waals surface area contributed by atoms with Crippen molar-refractivity contribution in [2.24, 2.45) is 0 Å². The molecule has 1 aliphatic rings. The smallest absolute Gasteiger partial charge is 0.333 e.